The second-order valence-corrected chi connectivity index (χ2v) is 3.41. The second kappa shape index (κ2) is 5.34. The van der Waals surface area contributed by atoms with Gasteiger partial charge in [0.05, 0.1) is 11.7 Å². The minimum atomic E-state index is -0.976. The summed E-state index contributed by atoms with van der Waals surface area (Å²) in [6.07, 6.45) is 3.42. The van der Waals surface area contributed by atoms with E-state index in [-0.39, 0.29) is 11.7 Å². The molecule has 1 atom stereocenters. The smallest absolute Gasteiger partial charge is 0.337 e. The van der Waals surface area contributed by atoms with Gasteiger partial charge in [-0.05, 0) is 19.4 Å². The minimum Gasteiger partial charge on any atom is -0.478 e. The third-order valence-corrected chi connectivity index (χ3v) is 2.00. The highest BCUT2D eigenvalue weighted by Gasteiger charge is 2.06. The second-order valence-electron chi connectivity index (χ2n) is 3.41. The van der Waals surface area contributed by atoms with Gasteiger partial charge in [0.15, 0.2) is 0 Å². The van der Waals surface area contributed by atoms with Gasteiger partial charge in [-0.1, -0.05) is 13.3 Å². The third-order valence-electron chi connectivity index (χ3n) is 2.00. The zero-order valence-corrected chi connectivity index (χ0v) is 8.93. The maximum absolute atomic E-state index is 10.6. The molecule has 0 aromatic carbocycles. The highest BCUT2D eigenvalue weighted by atomic mass is 16.5. The fourth-order valence-electron chi connectivity index (χ4n) is 1.25. The van der Waals surface area contributed by atoms with Crippen molar-refractivity contribution in [2.24, 2.45) is 0 Å². The molecule has 0 spiro atoms. The average Bonchev–Trinajstić information content (AvgIpc) is 2.18. The first-order valence-electron chi connectivity index (χ1n) is 4.99. The summed E-state index contributed by atoms with van der Waals surface area (Å²) in [4.78, 5) is 14.5. The Labute approximate surface area is 88.9 Å². The molecular formula is C11H15NO3. The first-order valence-corrected chi connectivity index (χ1v) is 4.99. The van der Waals surface area contributed by atoms with Crippen LogP contribution in [0.3, 0.4) is 0 Å². The number of pyridine rings is 1. The molecule has 4 heteroatoms. The summed E-state index contributed by atoms with van der Waals surface area (Å²) in [6, 6.07) is 3.07. The number of carboxylic acids is 1. The van der Waals surface area contributed by atoms with E-state index < -0.39 is 5.97 Å². The van der Waals surface area contributed by atoms with Gasteiger partial charge in [-0.15, -0.1) is 0 Å². The Kier molecular flexibility index (Phi) is 4.09. The molecule has 0 bridgehead atoms. The summed E-state index contributed by atoms with van der Waals surface area (Å²) in [5.41, 5.74) is 0.172. The lowest BCUT2D eigenvalue weighted by Gasteiger charge is -2.12. The van der Waals surface area contributed by atoms with Crippen molar-refractivity contribution in [1.82, 2.24) is 4.98 Å². The van der Waals surface area contributed by atoms with Gasteiger partial charge >= 0.3 is 5.97 Å². The topological polar surface area (TPSA) is 59.4 Å². The number of nitrogens with zero attached hydrogens (tertiary/aromatic N) is 1. The van der Waals surface area contributed by atoms with E-state index in [9.17, 15) is 4.79 Å². The standard InChI is InChI=1S/C11H15NO3/c1-3-4-8(2)15-10-6-5-9(7-12-10)11(13)14/h5-8H,3-4H2,1-2H3,(H,13,14). The van der Waals surface area contributed by atoms with Crippen LogP contribution in [0.15, 0.2) is 18.3 Å². The highest BCUT2D eigenvalue weighted by Crippen LogP contribution is 2.11. The Hall–Kier alpha value is -1.58. The van der Waals surface area contributed by atoms with Crippen molar-refractivity contribution in [3.05, 3.63) is 23.9 Å². The molecule has 4 nitrogen and oxygen atoms in total. The van der Waals surface area contributed by atoms with E-state index >= 15 is 0 Å². The summed E-state index contributed by atoms with van der Waals surface area (Å²) < 4.78 is 5.49. The van der Waals surface area contributed by atoms with Crippen molar-refractivity contribution >= 4 is 5.97 Å². The lowest BCUT2D eigenvalue weighted by Crippen LogP contribution is -2.12. The SMILES string of the molecule is CCCC(C)Oc1ccc(C(=O)O)cn1. The van der Waals surface area contributed by atoms with E-state index in [0.29, 0.717) is 5.88 Å². The molecule has 0 aliphatic rings. The van der Waals surface area contributed by atoms with E-state index in [1.165, 1.54) is 12.3 Å². The van der Waals surface area contributed by atoms with Gasteiger partial charge < -0.3 is 9.84 Å². The predicted molar refractivity (Wildman–Crippen MR) is 56.2 cm³/mol. The van der Waals surface area contributed by atoms with Crippen LogP contribution in [0.4, 0.5) is 0 Å². The van der Waals surface area contributed by atoms with Crippen molar-refractivity contribution in [2.75, 3.05) is 0 Å². The fourth-order valence-corrected chi connectivity index (χ4v) is 1.25. The Morgan fingerprint density at radius 3 is 2.80 bits per heavy atom. The van der Waals surface area contributed by atoms with Crippen molar-refractivity contribution in [1.29, 1.82) is 0 Å². The fraction of sp³-hybridized carbons (Fsp3) is 0.455. The summed E-state index contributed by atoms with van der Waals surface area (Å²) in [6.45, 7) is 4.05. The maximum Gasteiger partial charge on any atom is 0.337 e. The Balaban J connectivity index is 2.60. The van der Waals surface area contributed by atoms with Gasteiger partial charge in [0.2, 0.25) is 5.88 Å². The molecule has 82 valence electrons. The molecule has 0 fully saturated rings. The minimum absolute atomic E-state index is 0.109. The van der Waals surface area contributed by atoms with Crippen LogP contribution in [0.2, 0.25) is 0 Å². The molecule has 0 amide bonds. The van der Waals surface area contributed by atoms with Gasteiger partial charge in [-0.3, -0.25) is 0 Å². The van der Waals surface area contributed by atoms with Crippen LogP contribution >= 0.6 is 0 Å². The van der Waals surface area contributed by atoms with Crippen molar-refractivity contribution in [3.8, 4) is 5.88 Å². The van der Waals surface area contributed by atoms with Crippen molar-refractivity contribution < 1.29 is 14.6 Å². The highest BCUT2D eigenvalue weighted by molar-refractivity contribution is 5.87. The molecular weight excluding hydrogens is 194 g/mol. The van der Waals surface area contributed by atoms with Gasteiger partial charge in [0.25, 0.3) is 0 Å². The molecule has 0 aliphatic carbocycles. The zero-order valence-electron chi connectivity index (χ0n) is 8.93. The average molecular weight is 209 g/mol. The van der Waals surface area contributed by atoms with E-state index in [4.69, 9.17) is 9.84 Å². The van der Waals surface area contributed by atoms with Gasteiger partial charge in [0.1, 0.15) is 0 Å². The van der Waals surface area contributed by atoms with Crippen LogP contribution < -0.4 is 4.74 Å². The summed E-state index contributed by atoms with van der Waals surface area (Å²) in [5.74, 6) is -0.503. The summed E-state index contributed by atoms with van der Waals surface area (Å²) in [5, 5.41) is 8.66. The van der Waals surface area contributed by atoms with Gasteiger partial charge in [-0.25, -0.2) is 9.78 Å². The number of aromatic nitrogens is 1. The molecule has 0 saturated carbocycles. The first kappa shape index (κ1) is 11.5. The molecule has 1 heterocycles. The third kappa shape index (κ3) is 3.58. The quantitative estimate of drug-likeness (QED) is 0.808. The number of rotatable bonds is 5. The van der Waals surface area contributed by atoms with Crippen LogP contribution in [0.25, 0.3) is 0 Å². The Morgan fingerprint density at radius 2 is 2.33 bits per heavy atom. The van der Waals surface area contributed by atoms with Crippen molar-refractivity contribution in [3.63, 3.8) is 0 Å². The van der Waals surface area contributed by atoms with Crippen LogP contribution in [0.1, 0.15) is 37.0 Å². The van der Waals surface area contributed by atoms with Crippen LogP contribution in [0.5, 0.6) is 5.88 Å². The number of hydrogen-bond donors (Lipinski definition) is 1. The van der Waals surface area contributed by atoms with E-state index in [1.54, 1.807) is 6.07 Å². The number of ether oxygens (including phenoxy) is 1. The number of carbonyl (C=O) groups is 1. The largest absolute Gasteiger partial charge is 0.478 e. The first-order chi connectivity index (χ1) is 7.13. The molecule has 0 saturated heterocycles. The summed E-state index contributed by atoms with van der Waals surface area (Å²) >= 11 is 0. The number of aromatic carboxylic acids is 1. The van der Waals surface area contributed by atoms with Gasteiger partial charge in [0, 0.05) is 12.3 Å². The van der Waals surface area contributed by atoms with Crippen molar-refractivity contribution in [2.45, 2.75) is 32.8 Å². The molecule has 1 aromatic rings. The molecule has 1 N–H and O–H groups in total. The predicted octanol–water partition coefficient (Wildman–Crippen LogP) is 2.35. The monoisotopic (exact) mass is 209 g/mol. The molecule has 1 aromatic heterocycles. The Morgan fingerprint density at radius 1 is 1.60 bits per heavy atom. The van der Waals surface area contributed by atoms with E-state index in [1.807, 2.05) is 6.92 Å². The molecule has 0 radical (unpaired) electrons. The molecule has 0 aliphatic heterocycles. The maximum atomic E-state index is 10.6. The number of hydrogen-bond acceptors (Lipinski definition) is 3. The van der Waals surface area contributed by atoms with Crippen LogP contribution in [0, 0.1) is 0 Å². The molecule has 15 heavy (non-hydrogen) atoms. The number of carboxylic acid groups (broad SMARTS) is 1. The normalized spacial score (nSPS) is 12.1. The zero-order chi connectivity index (χ0) is 11.3. The molecule has 1 rings (SSSR count). The van der Waals surface area contributed by atoms with Gasteiger partial charge in [-0.2, -0.15) is 0 Å². The van der Waals surface area contributed by atoms with E-state index in [0.717, 1.165) is 12.8 Å². The molecule has 1 unspecified atom stereocenters. The van der Waals surface area contributed by atoms with E-state index in [2.05, 4.69) is 11.9 Å². The summed E-state index contributed by atoms with van der Waals surface area (Å²) in [7, 11) is 0. The Bertz CT molecular complexity index is 321. The van der Waals surface area contributed by atoms with Crippen LogP contribution in [-0.4, -0.2) is 22.2 Å². The van der Waals surface area contributed by atoms with Crippen LogP contribution in [-0.2, 0) is 0 Å². The lowest BCUT2D eigenvalue weighted by atomic mass is 10.2. The lowest BCUT2D eigenvalue weighted by molar-refractivity contribution is 0.0696.